The van der Waals surface area contributed by atoms with Gasteiger partial charge in [-0.25, -0.2) is 8.78 Å². The van der Waals surface area contributed by atoms with E-state index in [0.29, 0.717) is 19.7 Å². The minimum absolute atomic E-state index is 0.0480. The highest BCUT2D eigenvalue weighted by molar-refractivity contribution is 6.37. The summed E-state index contributed by atoms with van der Waals surface area (Å²) < 4.78 is 35.7. The maximum atomic E-state index is 14.9. The zero-order valence-electron chi connectivity index (χ0n) is 13.7. The summed E-state index contributed by atoms with van der Waals surface area (Å²) in [7, 11) is 0. The van der Waals surface area contributed by atoms with Crippen molar-refractivity contribution >= 4 is 23.2 Å². The molecule has 0 aliphatic carbocycles. The Labute approximate surface area is 159 Å². The lowest BCUT2D eigenvalue weighted by Crippen LogP contribution is -2.52. The molecule has 0 spiro atoms. The molecule has 8 heteroatoms. The smallest absolute Gasteiger partial charge is 0.168 e. The highest BCUT2D eigenvalue weighted by Gasteiger charge is 2.34. The fourth-order valence-electron chi connectivity index (χ4n) is 3.51. The first-order valence-electron chi connectivity index (χ1n) is 8.23. The lowest BCUT2D eigenvalue weighted by Gasteiger charge is -2.33. The van der Waals surface area contributed by atoms with E-state index < -0.39 is 11.6 Å². The van der Waals surface area contributed by atoms with E-state index in [-0.39, 0.29) is 50.8 Å². The Hall–Kier alpha value is -1.60. The number of phenols is 1. The quantitative estimate of drug-likeness (QED) is 0.714. The van der Waals surface area contributed by atoms with Gasteiger partial charge in [-0.05, 0) is 12.1 Å². The van der Waals surface area contributed by atoms with Gasteiger partial charge >= 0.3 is 0 Å². The molecule has 2 aliphatic heterocycles. The van der Waals surface area contributed by atoms with E-state index >= 15 is 0 Å². The molecule has 0 aromatic heterocycles. The lowest BCUT2D eigenvalue weighted by molar-refractivity contribution is 0.119. The summed E-state index contributed by atoms with van der Waals surface area (Å²) in [4.78, 5) is 2.05. The molecular weight excluding hydrogens is 385 g/mol. The van der Waals surface area contributed by atoms with Crippen molar-refractivity contribution in [1.29, 1.82) is 0 Å². The molecule has 0 amide bonds. The Morgan fingerprint density at radius 1 is 1.19 bits per heavy atom. The molecule has 2 aromatic carbocycles. The Morgan fingerprint density at radius 2 is 2.00 bits per heavy atom. The Morgan fingerprint density at radius 3 is 2.77 bits per heavy atom. The third-order valence-corrected chi connectivity index (χ3v) is 5.54. The Bertz CT molecular complexity index is 859. The van der Waals surface area contributed by atoms with Crippen LogP contribution in [0, 0.1) is 11.6 Å². The zero-order valence-corrected chi connectivity index (χ0v) is 15.2. The molecule has 1 atom stereocenters. The van der Waals surface area contributed by atoms with Crippen LogP contribution in [0.25, 0.3) is 11.1 Å². The summed E-state index contributed by atoms with van der Waals surface area (Å²) in [6, 6.07) is 4.37. The second-order valence-electron chi connectivity index (χ2n) is 6.40. The van der Waals surface area contributed by atoms with Crippen LogP contribution in [0.2, 0.25) is 10.0 Å². The van der Waals surface area contributed by atoms with E-state index in [0.717, 1.165) is 6.54 Å². The van der Waals surface area contributed by atoms with E-state index in [4.69, 9.17) is 27.9 Å². The second kappa shape index (κ2) is 6.85. The number of halogens is 4. The van der Waals surface area contributed by atoms with Gasteiger partial charge in [-0.1, -0.05) is 29.3 Å². The van der Waals surface area contributed by atoms with Gasteiger partial charge in [0.1, 0.15) is 18.1 Å². The Balaban J connectivity index is 1.90. The van der Waals surface area contributed by atoms with Gasteiger partial charge in [0, 0.05) is 42.9 Å². The van der Waals surface area contributed by atoms with E-state index in [1.807, 2.05) is 4.90 Å². The van der Waals surface area contributed by atoms with Gasteiger partial charge < -0.3 is 15.2 Å². The van der Waals surface area contributed by atoms with Gasteiger partial charge in [0.25, 0.3) is 0 Å². The van der Waals surface area contributed by atoms with Crippen molar-refractivity contribution in [3.63, 3.8) is 0 Å². The van der Waals surface area contributed by atoms with Gasteiger partial charge in [0.2, 0.25) is 0 Å². The van der Waals surface area contributed by atoms with Gasteiger partial charge in [-0.15, -0.1) is 0 Å². The van der Waals surface area contributed by atoms with E-state index in [1.165, 1.54) is 18.2 Å². The molecule has 0 unspecified atom stereocenters. The number of ether oxygens (including phenoxy) is 1. The number of hydrogen-bond acceptors (Lipinski definition) is 4. The average molecular weight is 401 g/mol. The number of fused-ring (bicyclic) bond motifs is 2. The molecule has 26 heavy (non-hydrogen) atoms. The number of phenolic OH excluding ortho intramolecular Hbond substituents is 1. The van der Waals surface area contributed by atoms with Crippen LogP contribution in [0.15, 0.2) is 18.2 Å². The summed E-state index contributed by atoms with van der Waals surface area (Å²) in [5.74, 6) is -2.35. The molecule has 4 nitrogen and oxygen atoms in total. The Kier molecular flexibility index (Phi) is 4.69. The van der Waals surface area contributed by atoms with E-state index in [2.05, 4.69) is 5.32 Å². The van der Waals surface area contributed by atoms with Crippen LogP contribution < -0.4 is 10.1 Å². The number of nitrogens with zero attached hydrogens (tertiary/aromatic N) is 1. The summed E-state index contributed by atoms with van der Waals surface area (Å²) in [5.41, 5.74) is -0.248. The predicted molar refractivity (Wildman–Crippen MR) is 96.0 cm³/mol. The van der Waals surface area contributed by atoms with Crippen LogP contribution in [0.4, 0.5) is 8.78 Å². The number of benzene rings is 2. The van der Waals surface area contributed by atoms with Gasteiger partial charge in [-0.3, -0.25) is 4.90 Å². The molecule has 1 fully saturated rings. The first-order valence-corrected chi connectivity index (χ1v) is 8.99. The topological polar surface area (TPSA) is 44.7 Å². The average Bonchev–Trinajstić information content (AvgIpc) is 2.82. The zero-order chi connectivity index (χ0) is 18.4. The predicted octanol–water partition coefficient (Wildman–Crippen LogP) is 3.81. The molecule has 0 radical (unpaired) electrons. The van der Waals surface area contributed by atoms with Gasteiger partial charge in [0.05, 0.1) is 16.1 Å². The fraction of sp³-hybridized carbons (Fsp3) is 0.333. The summed E-state index contributed by atoms with van der Waals surface area (Å²) >= 11 is 12.5. The van der Waals surface area contributed by atoms with Crippen molar-refractivity contribution < 1.29 is 18.6 Å². The normalized spacial score (nSPS) is 20.1. The molecule has 2 aliphatic rings. The number of nitrogens with one attached hydrogen (secondary N) is 1. The van der Waals surface area contributed by atoms with Crippen molar-refractivity contribution in [3.8, 4) is 22.6 Å². The maximum absolute atomic E-state index is 14.9. The third kappa shape index (κ3) is 2.81. The van der Waals surface area contributed by atoms with Crippen LogP contribution in [-0.4, -0.2) is 42.3 Å². The summed E-state index contributed by atoms with van der Waals surface area (Å²) in [5, 5.41) is 13.4. The summed E-state index contributed by atoms with van der Waals surface area (Å²) in [6.45, 7) is 2.69. The lowest BCUT2D eigenvalue weighted by atomic mass is 9.99. The van der Waals surface area contributed by atoms with Crippen LogP contribution in [0.3, 0.4) is 0 Å². The molecule has 2 aromatic rings. The number of hydrogen-bond donors (Lipinski definition) is 2. The van der Waals surface area contributed by atoms with Gasteiger partial charge in [-0.2, -0.15) is 0 Å². The van der Waals surface area contributed by atoms with Crippen molar-refractivity contribution in [2.45, 2.75) is 12.6 Å². The molecule has 1 saturated heterocycles. The largest absolute Gasteiger partial charge is 0.507 e. The number of rotatable bonds is 1. The van der Waals surface area contributed by atoms with Crippen molar-refractivity contribution in [3.05, 3.63) is 45.4 Å². The number of aromatic hydroxyl groups is 1. The fourth-order valence-corrected chi connectivity index (χ4v) is 4.12. The first kappa shape index (κ1) is 17.8. The third-order valence-electron chi connectivity index (χ3n) is 4.87. The molecule has 0 bridgehead atoms. The maximum Gasteiger partial charge on any atom is 0.168 e. The molecule has 2 N–H and O–H groups in total. The van der Waals surface area contributed by atoms with Crippen molar-refractivity contribution in [2.24, 2.45) is 0 Å². The monoisotopic (exact) mass is 400 g/mol. The highest BCUT2D eigenvalue weighted by Crippen LogP contribution is 2.47. The molecule has 2 heterocycles. The number of piperazine rings is 1. The van der Waals surface area contributed by atoms with E-state index in [9.17, 15) is 13.9 Å². The molecule has 138 valence electrons. The van der Waals surface area contributed by atoms with Gasteiger partial charge in [0.15, 0.2) is 11.6 Å². The summed E-state index contributed by atoms with van der Waals surface area (Å²) in [6.07, 6.45) is 0. The van der Waals surface area contributed by atoms with Crippen LogP contribution in [0.1, 0.15) is 5.56 Å². The highest BCUT2D eigenvalue weighted by atomic mass is 35.5. The van der Waals surface area contributed by atoms with Crippen LogP contribution in [0.5, 0.6) is 11.5 Å². The van der Waals surface area contributed by atoms with E-state index in [1.54, 1.807) is 0 Å². The molecular formula is C18H16Cl2F2N2O2. The van der Waals surface area contributed by atoms with Crippen LogP contribution >= 0.6 is 23.2 Å². The molecule has 0 saturated carbocycles. The SMILES string of the molecule is Oc1cccc(Cl)c1-c1c(F)c(F)c2c(c1Cl)OC[C@H]1CNCCN1C2. The standard InChI is InChI=1S/C18H16Cl2F2N2O2/c19-11-2-1-3-12(25)13(11)14-15(20)18-10(16(21)17(14)22)7-24-5-4-23-6-9(24)8-26-18/h1-3,9,23,25H,4-8H2/t9-/m1/s1. The second-order valence-corrected chi connectivity index (χ2v) is 7.18. The van der Waals surface area contributed by atoms with Crippen molar-refractivity contribution in [1.82, 2.24) is 10.2 Å². The first-order chi connectivity index (χ1) is 12.5. The molecule has 4 rings (SSSR count). The van der Waals surface area contributed by atoms with Crippen LogP contribution in [-0.2, 0) is 6.54 Å². The van der Waals surface area contributed by atoms with Crippen molar-refractivity contribution in [2.75, 3.05) is 26.2 Å². The minimum Gasteiger partial charge on any atom is -0.507 e. The minimum atomic E-state index is -1.14.